The Hall–Kier alpha value is -5.50. The van der Waals surface area contributed by atoms with Gasteiger partial charge in [0.15, 0.2) is 0 Å². The molecule has 0 radical (unpaired) electrons. The number of nitrogens with one attached hydrogen (secondary N) is 3. The van der Waals surface area contributed by atoms with Gasteiger partial charge in [-0.3, -0.25) is 16.0 Å². The van der Waals surface area contributed by atoms with Gasteiger partial charge >= 0.3 is 0 Å². The van der Waals surface area contributed by atoms with Crippen molar-refractivity contribution >= 4 is 70.5 Å². The van der Waals surface area contributed by atoms with Crippen LogP contribution in [0, 0.1) is 0 Å². The number of rotatable bonds is 4. The fourth-order valence-electron chi connectivity index (χ4n) is 8.42. The summed E-state index contributed by atoms with van der Waals surface area (Å²) < 4.78 is 16.0. The monoisotopic (exact) mass is 679 g/mol. The largest absolute Gasteiger partial charge is 0.456 e. The number of hydrogen-bond acceptors (Lipinski definition) is 6. The molecule has 0 amide bonds. The van der Waals surface area contributed by atoms with Crippen molar-refractivity contribution in [1.82, 2.24) is 16.0 Å². The van der Waals surface area contributed by atoms with Gasteiger partial charge in [0.05, 0.1) is 18.5 Å². The molecule has 2 aliphatic rings. The van der Waals surface area contributed by atoms with Crippen molar-refractivity contribution in [3.05, 3.63) is 173 Å². The lowest BCUT2D eigenvalue weighted by Crippen LogP contribution is -2.54. The zero-order chi connectivity index (χ0) is 33.5. The van der Waals surface area contributed by atoms with E-state index in [1.54, 1.807) is 0 Å². The molecular formula is C45H33N3O2S. The third-order valence-electron chi connectivity index (χ3n) is 10.8. The summed E-state index contributed by atoms with van der Waals surface area (Å²) in [6, 6.07) is 47.7. The minimum Gasteiger partial charge on any atom is -0.456 e. The molecule has 4 heterocycles. The van der Waals surface area contributed by atoms with Gasteiger partial charge < -0.3 is 8.83 Å². The first-order valence-corrected chi connectivity index (χ1v) is 18.4. The van der Waals surface area contributed by atoms with Crippen LogP contribution in [0.3, 0.4) is 0 Å². The highest BCUT2D eigenvalue weighted by Crippen LogP contribution is 2.46. The van der Waals surface area contributed by atoms with E-state index in [0.29, 0.717) is 0 Å². The maximum Gasteiger partial charge on any atom is 0.141 e. The zero-order valence-corrected chi connectivity index (χ0v) is 28.4. The predicted octanol–water partition coefficient (Wildman–Crippen LogP) is 11.4. The molecule has 3 aromatic heterocycles. The molecule has 0 spiro atoms. The van der Waals surface area contributed by atoms with Gasteiger partial charge in [-0.05, 0) is 47.9 Å². The molecule has 6 heteroatoms. The van der Waals surface area contributed by atoms with Crippen LogP contribution in [0.4, 0.5) is 0 Å². The van der Waals surface area contributed by atoms with Crippen LogP contribution in [-0.2, 0) is 0 Å². The lowest BCUT2D eigenvalue weighted by molar-refractivity contribution is 0.203. The lowest BCUT2D eigenvalue weighted by Gasteiger charge is -2.39. The first-order valence-electron chi connectivity index (χ1n) is 17.6. The van der Waals surface area contributed by atoms with Crippen molar-refractivity contribution in [3.63, 3.8) is 0 Å². The number of benzene rings is 6. The first-order chi connectivity index (χ1) is 25.3. The lowest BCUT2D eigenvalue weighted by atomic mass is 9.83. The summed E-state index contributed by atoms with van der Waals surface area (Å²) in [6.07, 6.45) is 4.85. The minimum absolute atomic E-state index is 0.0885. The summed E-state index contributed by atoms with van der Waals surface area (Å²) in [6.45, 7) is 0. The molecule has 0 bridgehead atoms. The van der Waals surface area contributed by atoms with Crippen molar-refractivity contribution in [1.29, 1.82) is 0 Å². The van der Waals surface area contributed by atoms with Crippen LogP contribution in [-0.4, -0.2) is 0 Å². The van der Waals surface area contributed by atoms with Crippen LogP contribution in [0.1, 0.15) is 64.4 Å². The van der Waals surface area contributed by atoms with E-state index < -0.39 is 0 Å². The van der Waals surface area contributed by atoms with Crippen molar-refractivity contribution in [2.24, 2.45) is 0 Å². The van der Waals surface area contributed by atoms with E-state index in [1.165, 1.54) is 47.8 Å². The standard InChI is InChI=1S/C45H33N3O2S/c1-2-11-26(12-3-1)43-46-44(27-23-24-39-35(25-27)28-13-5-7-22-38(28)51-39)48-45(47-43)34-19-9-18-32-31-17-8-16-30(41(31)50-42(32)34)29-15-10-21-37-40(29)33-14-4-6-20-36(33)49-37/h1-14,16-25,29,43-48H,15H2. The smallest absolute Gasteiger partial charge is 0.141 e. The SMILES string of the molecule is C1=Cc2oc3ccccc3c2C(c2cccc3c2oc2c(C4NC(c5ccccc5)NC(c5ccc6sc7ccccc7c6c5)N4)cccc23)C1. The van der Waals surface area contributed by atoms with Crippen molar-refractivity contribution < 1.29 is 8.83 Å². The Kier molecular flexibility index (Phi) is 6.61. The number of para-hydroxylation sites is 3. The molecule has 246 valence electrons. The number of thiophene rings is 1. The number of fused-ring (bicyclic) bond motifs is 9. The maximum atomic E-state index is 7.05. The third-order valence-corrected chi connectivity index (χ3v) is 11.9. The molecular weight excluding hydrogens is 647 g/mol. The van der Waals surface area contributed by atoms with Crippen molar-refractivity contribution in [2.75, 3.05) is 0 Å². The van der Waals surface area contributed by atoms with Gasteiger partial charge in [-0.25, -0.2) is 0 Å². The molecule has 51 heavy (non-hydrogen) atoms. The van der Waals surface area contributed by atoms with Crippen LogP contribution >= 0.6 is 11.3 Å². The average Bonchev–Trinajstić information content (AvgIpc) is 3.89. The third kappa shape index (κ3) is 4.65. The minimum atomic E-state index is -0.189. The van der Waals surface area contributed by atoms with Crippen LogP contribution in [0.2, 0.25) is 0 Å². The van der Waals surface area contributed by atoms with Gasteiger partial charge in [0.1, 0.15) is 22.5 Å². The maximum absolute atomic E-state index is 7.05. The molecule has 9 aromatic rings. The molecule has 4 unspecified atom stereocenters. The van der Waals surface area contributed by atoms with Gasteiger partial charge in [-0.2, -0.15) is 0 Å². The summed E-state index contributed by atoms with van der Waals surface area (Å²) in [5.74, 6) is 1.07. The zero-order valence-electron chi connectivity index (χ0n) is 27.6. The van der Waals surface area contributed by atoms with Gasteiger partial charge in [-0.1, -0.05) is 115 Å². The van der Waals surface area contributed by atoms with Crippen molar-refractivity contribution in [3.8, 4) is 0 Å². The fourth-order valence-corrected chi connectivity index (χ4v) is 9.51. The van der Waals surface area contributed by atoms with E-state index >= 15 is 0 Å². The van der Waals surface area contributed by atoms with Crippen LogP contribution in [0.25, 0.3) is 59.2 Å². The Balaban J connectivity index is 1.04. The Morgan fingerprint density at radius 1 is 0.510 bits per heavy atom. The molecule has 4 atom stereocenters. The van der Waals surface area contributed by atoms with E-state index in [-0.39, 0.29) is 24.4 Å². The second kappa shape index (κ2) is 11.5. The molecule has 1 aliphatic heterocycles. The fraction of sp³-hybridized carbons (Fsp3) is 0.111. The van der Waals surface area contributed by atoms with Gasteiger partial charge in [-0.15, -0.1) is 11.3 Å². The normalized spacial score (nSPS) is 20.5. The second-order valence-corrected chi connectivity index (χ2v) is 14.8. The highest BCUT2D eigenvalue weighted by molar-refractivity contribution is 7.25. The second-order valence-electron chi connectivity index (χ2n) is 13.7. The Morgan fingerprint density at radius 3 is 2.04 bits per heavy atom. The Labute approximate surface area is 298 Å². The van der Waals surface area contributed by atoms with Gasteiger partial charge in [0, 0.05) is 58.9 Å². The van der Waals surface area contributed by atoms with Crippen LogP contribution in [0.5, 0.6) is 0 Å². The Morgan fingerprint density at radius 2 is 1.18 bits per heavy atom. The number of hydrogen-bond donors (Lipinski definition) is 3. The van der Waals surface area contributed by atoms with E-state index in [4.69, 9.17) is 8.83 Å². The molecule has 0 saturated carbocycles. The molecule has 3 N–H and O–H groups in total. The summed E-state index contributed by atoms with van der Waals surface area (Å²) in [7, 11) is 0. The molecule has 1 fully saturated rings. The molecule has 1 saturated heterocycles. The Bertz CT molecular complexity index is 2810. The van der Waals surface area contributed by atoms with Gasteiger partial charge in [0.2, 0.25) is 0 Å². The average molecular weight is 680 g/mol. The molecule has 5 nitrogen and oxygen atoms in total. The molecule has 6 aromatic carbocycles. The first kappa shape index (κ1) is 29.3. The highest BCUT2D eigenvalue weighted by Gasteiger charge is 2.33. The molecule has 11 rings (SSSR count). The van der Waals surface area contributed by atoms with E-state index in [1.807, 2.05) is 17.4 Å². The molecule has 1 aliphatic carbocycles. The van der Waals surface area contributed by atoms with E-state index in [0.717, 1.165) is 45.3 Å². The highest BCUT2D eigenvalue weighted by atomic mass is 32.1. The summed E-state index contributed by atoms with van der Waals surface area (Å²) >= 11 is 1.85. The predicted molar refractivity (Wildman–Crippen MR) is 209 cm³/mol. The summed E-state index contributed by atoms with van der Waals surface area (Å²) in [5, 5.41) is 17.7. The van der Waals surface area contributed by atoms with Crippen LogP contribution < -0.4 is 16.0 Å². The topological polar surface area (TPSA) is 62.4 Å². The van der Waals surface area contributed by atoms with Crippen molar-refractivity contribution in [2.45, 2.75) is 30.8 Å². The summed E-state index contributed by atoms with van der Waals surface area (Å²) in [4.78, 5) is 0. The number of furan rings is 2. The van der Waals surface area contributed by atoms with Crippen LogP contribution in [0.15, 0.2) is 148 Å². The van der Waals surface area contributed by atoms with E-state index in [9.17, 15) is 0 Å². The van der Waals surface area contributed by atoms with E-state index in [2.05, 4.69) is 155 Å². The van der Waals surface area contributed by atoms with Gasteiger partial charge in [0.25, 0.3) is 0 Å². The number of allylic oxidation sites excluding steroid dienone is 1. The quantitative estimate of drug-likeness (QED) is 0.173. The summed E-state index contributed by atoms with van der Waals surface area (Å²) in [5.41, 5.74) is 8.67.